The summed E-state index contributed by atoms with van der Waals surface area (Å²) >= 11 is 0. The smallest absolute Gasteiger partial charge is 0.258 e. The SMILES string of the molecule is C=C1OCc2c(cc3n(c2=O)Cc2cc4c(CCCCOCNC(=O)[C@H](C)CC(=O)[C@@H](NC(=O)CCCCCN5C(=O)C=CC5=O)C(C)C)c(C)c(F)cc4nc2-3)[C@@]1(O)CC. The quantitative estimate of drug-likeness (QED) is 0.0611. The number of halogens is 1. The van der Waals surface area contributed by atoms with Crippen LogP contribution in [0.2, 0.25) is 0 Å². The Kier molecular flexibility index (Phi) is 14.0. The zero-order chi connectivity index (χ0) is 44.2. The third-order valence-electron chi connectivity index (χ3n) is 12.1. The van der Waals surface area contributed by atoms with Gasteiger partial charge in [0.25, 0.3) is 17.4 Å². The summed E-state index contributed by atoms with van der Waals surface area (Å²) in [5, 5.41) is 17.7. The molecule has 1 aromatic carbocycles. The second-order valence-corrected chi connectivity index (χ2v) is 16.6. The van der Waals surface area contributed by atoms with Gasteiger partial charge in [-0.3, -0.25) is 33.7 Å². The summed E-state index contributed by atoms with van der Waals surface area (Å²) in [5.74, 6) is -2.54. The van der Waals surface area contributed by atoms with Gasteiger partial charge in [-0.15, -0.1) is 0 Å². The molecular formula is C46H56FN5O9. The lowest BCUT2D eigenvalue weighted by molar-refractivity contribution is -0.137. The molecule has 0 spiro atoms. The second-order valence-electron chi connectivity index (χ2n) is 16.6. The highest BCUT2D eigenvalue weighted by Crippen LogP contribution is 2.42. The third-order valence-corrected chi connectivity index (χ3v) is 12.1. The first kappa shape index (κ1) is 45.0. The van der Waals surface area contributed by atoms with Crippen molar-refractivity contribution < 1.29 is 42.9 Å². The average Bonchev–Trinajstić information content (AvgIpc) is 3.75. The maximum Gasteiger partial charge on any atom is 0.258 e. The number of amides is 4. The zero-order valence-corrected chi connectivity index (χ0v) is 35.7. The second kappa shape index (κ2) is 19.0. The molecule has 0 radical (unpaired) electrons. The predicted octanol–water partition coefficient (Wildman–Crippen LogP) is 5.15. The number of rotatable bonds is 20. The van der Waals surface area contributed by atoms with Crippen molar-refractivity contribution in [1.82, 2.24) is 25.1 Å². The highest BCUT2D eigenvalue weighted by Gasteiger charge is 2.41. The van der Waals surface area contributed by atoms with Crippen LogP contribution in [0.1, 0.15) is 107 Å². The molecule has 3 aromatic rings. The van der Waals surface area contributed by atoms with Crippen LogP contribution < -0.4 is 16.2 Å². The van der Waals surface area contributed by atoms with Crippen molar-refractivity contribution in [2.24, 2.45) is 11.8 Å². The normalized spacial score (nSPS) is 17.6. The maximum atomic E-state index is 15.3. The number of aromatic nitrogens is 2. The van der Waals surface area contributed by atoms with Crippen LogP contribution in [-0.4, -0.2) is 74.9 Å². The minimum atomic E-state index is -1.50. The lowest BCUT2D eigenvalue weighted by atomic mass is 9.84. The molecule has 0 aliphatic carbocycles. The maximum absolute atomic E-state index is 15.3. The van der Waals surface area contributed by atoms with Crippen LogP contribution in [0.15, 0.2) is 47.5 Å². The Balaban J connectivity index is 0.950. The van der Waals surface area contributed by atoms with E-state index in [1.165, 1.54) is 23.1 Å². The van der Waals surface area contributed by atoms with Gasteiger partial charge in [0, 0.05) is 66.6 Å². The molecule has 15 heteroatoms. The van der Waals surface area contributed by atoms with Crippen molar-refractivity contribution >= 4 is 40.3 Å². The molecule has 0 bridgehead atoms. The summed E-state index contributed by atoms with van der Waals surface area (Å²) < 4.78 is 28.2. The first-order valence-electron chi connectivity index (χ1n) is 21.2. The number of aliphatic hydroxyl groups is 1. The number of pyridine rings is 2. The van der Waals surface area contributed by atoms with E-state index in [4.69, 9.17) is 14.5 Å². The number of ether oxygens (including phenoxy) is 2. The lowest BCUT2D eigenvalue weighted by Gasteiger charge is -2.35. The summed E-state index contributed by atoms with van der Waals surface area (Å²) in [5.41, 5.74) is 2.87. The average molecular weight is 842 g/mol. The van der Waals surface area contributed by atoms with Crippen molar-refractivity contribution in [3.63, 3.8) is 0 Å². The molecule has 4 amide bonds. The Morgan fingerprint density at radius 3 is 2.49 bits per heavy atom. The molecule has 3 N–H and O–H groups in total. The standard InChI is InChI=1S/C46H56FN5O9/c1-7-46(59)29(6)61-24-33-34(46)21-37-43-30(23-52(37)45(33)58)20-32-31(28(5)35(47)22-36(32)49-43)13-10-12-18-60-25-48-44(57)27(4)19-38(53)42(26(2)3)50-39(54)14-9-8-11-17-51-40(55)15-16-41(51)56/h15-16,20-22,26-27,42,59H,6-14,17-19,23-25H2,1-5H3,(H,48,57)(H,50,54)/t27-,42+,46-/m1/s1. The van der Waals surface area contributed by atoms with E-state index in [1.54, 1.807) is 31.4 Å². The van der Waals surface area contributed by atoms with E-state index >= 15 is 4.39 Å². The molecular weight excluding hydrogens is 786 g/mol. The van der Waals surface area contributed by atoms with Crippen LogP contribution >= 0.6 is 0 Å². The van der Waals surface area contributed by atoms with E-state index in [0.717, 1.165) is 16.5 Å². The Labute approximate surface area is 354 Å². The van der Waals surface area contributed by atoms with E-state index < -0.39 is 17.6 Å². The van der Waals surface area contributed by atoms with Gasteiger partial charge in [0.15, 0.2) is 5.78 Å². The summed E-state index contributed by atoms with van der Waals surface area (Å²) in [6.45, 7) is 13.6. The molecule has 326 valence electrons. The molecule has 0 saturated heterocycles. The third kappa shape index (κ3) is 9.52. The van der Waals surface area contributed by atoms with Crippen LogP contribution in [0.3, 0.4) is 0 Å². The van der Waals surface area contributed by atoms with E-state index in [1.807, 2.05) is 19.9 Å². The van der Waals surface area contributed by atoms with Crippen molar-refractivity contribution in [3.05, 3.63) is 86.7 Å². The van der Waals surface area contributed by atoms with Gasteiger partial charge in [-0.1, -0.05) is 40.7 Å². The largest absolute Gasteiger partial charge is 0.490 e. The van der Waals surface area contributed by atoms with Gasteiger partial charge < -0.3 is 29.8 Å². The number of imide groups is 1. The van der Waals surface area contributed by atoms with Gasteiger partial charge >= 0.3 is 0 Å². The number of benzene rings is 1. The van der Waals surface area contributed by atoms with E-state index in [9.17, 15) is 33.9 Å². The van der Waals surface area contributed by atoms with Gasteiger partial charge in [-0.25, -0.2) is 9.37 Å². The van der Waals surface area contributed by atoms with Crippen molar-refractivity contribution in [1.29, 1.82) is 0 Å². The number of aryl methyl sites for hydroxylation is 1. The molecule has 14 nitrogen and oxygen atoms in total. The van der Waals surface area contributed by atoms with E-state index in [0.29, 0.717) is 91.8 Å². The molecule has 2 aromatic heterocycles. The van der Waals surface area contributed by atoms with Gasteiger partial charge in [0.1, 0.15) is 30.5 Å². The molecule has 3 aliphatic rings. The molecule has 61 heavy (non-hydrogen) atoms. The number of ketones is 1. The number of unbranched alkanes of at least 4 members (excludes halogenated alkanes) is 3. The fourth-order valence-corrected chi connectivity index (χ4v) is 8.34. The van der Waals surface area contributed by atoms with Crippen molar-refractivity contribution in [2.45, 2.75) is 117 Å². The predicted molar refractivity (Wildman–Crippen MR) is 225 cm³/mol. The Morgan fingerprint density at radius 1 is 1.05 bits per heavy atom. The Hall–Kier alpha value is -5.54. The lowest BCUT2D eigenvalue weighted by Crippen LogP contribution is -2.45. The van der Waals surface area contributed by atoms with Crippen molar-refractivity contribution in [2.75, 3.05) is 19.9 Å². The summed E-state index contributed by atoms with van der Waals surface area (Å²) in [4.78, 5) is 81.7. The summed E-state index contributed by atoms with van der Waals surface area (Å²) in [6, 6.07) is 4.44. The fourth-order valence-electron chi connectivity index (χ4n) is 8.34. The van der Waals surface area contributed by atoms with E-state index in [2.05, 4.69) is 17.2 Å². The number of carbonyl (C=O) groups excluding carboxylic acids is 5. The van der Waals surface area contributed by atoms with Gasteiger partial charge in [-0.05, 0) is 74.6 Å². The molecule has 0 unspecified atom stereocenters. The Morgan fingerprint density at radius 2 is 1.79 bits per heavy atom. The van der Waals surface area contributed by atoms with Crippen LogP contribution in [-0.2, 0) is 58.6 Å². The number of hydrogen-bond donors (Lipinski definition) is 3. The molecule has 0 fully saturated rings. The molecule has 0 saturated carbocycles. The van der Waals surface area contributed by atoms with E-state index in [-0.39, 0.29) is 85.1 Å². The fraction of sp³-hybridized carbons (Fsp3) is 0.500. The van der Waals surface area contributed by atoms with Crippen LogP contribution in [0.5, 0.6) is 0 Å². The minimum Gasteiger partial charge on any atom is -0.490 e. The molecule has 3 aliphatic heterocycles. The summed E-state index contributed by atoms with van der Waals surface area (Å²) in [6.07, 6.45) is 6.50. The number of fused-ring (bicyclic) bond motifs is 5. The minimum absolute atomic E-state index is 0.0212. The monoisotopic (exact) mass is 841 g/mol. The van der Waals surface area contributed by atoms with Gasteiger partial charge in [0.05, 0.1) is 35.1 Å². The number of carbonyl (C=O) groups is 5. The first-order valence-corrected chi connectivity index (χ1v) is 21.2. The van der Waals surface area contributed by atoms with Crippen LogP contribution in [0.25, 0.3) is 22.3 Å². The van der Waals surface area contributed by atoms with Crippen LogP contribution in [0, 0.1) is 24.6 Å². The molecule has 6 rings (SSSR count). The number of hydrogen-bond acceptors (Lipinski definition) is 10. The molecule has 3 atom stereocenters. The number of Topliss-reactive ketones (excluding diaryl/α,β-unsaturated/α-hetero) is 1. The molecule has 5 heterocycles. The first-order chi connectivity index (χ1) is 29.0. The Bertz CT molecular complexity index is 2340. The highest BCUT2D eigenvalue weighted by atomic mass is 19.1. The summed E-state index contributed by atoms with van der Waals surface area (Å²) in [7, 11) is 0. The zero-order valence-electron chi connectivity index (χ0n) is 35.7. The number of nitrogens with zero attached hydrogens (tertiary/aromatic N) is 3. The van der Waals surface area contributed by atoms with Crippen LogP contribution in [0.4, 0.5) is 4.39 Å². The van der Waals surface area contributed by atoms with Gasteiger partial charge in [-0.2, -0.15) is 0 Å². The van der Waals surface area contributed by atoms with Crippen molar-refractivity contribution in [3.8, 4) is 11.4 Å². The van der Waals surface area contributed by atoms with Gasteiger partial charge in [0.2, 0.25) is 11.8 Å². The highest BCUT2D eigenvalue weighted by molar-refractivity contribution is 6.12. The number of nitrogens with one attached hydrogen (secondary N) is 2. The topological polar surface area (TPSA) is 186 Å².